The van der Waals surface area contributed by atoms with Crippen LogP contribution in [-0.4, -0.2) is 39.1 Å². The number of likely N-dealkylation sites (tertiary alicyclic amines) is 1. The molecule has 1 aromatic carbocycles. The predicted octanol–water partition coefficient (Wildman–Crippen LogP) is 5.09. The van der Waals surface area contributed by atoms with Crippen molar-refractivity contribution < 1.29 is 14.1 Å². The molecule has 0 N–H and O–H groups in total. The molecule has 0 bridgehead atoms. The number of hydrogen-bond donors (Lipinski definition) is 0. The SMILES string of the molecule is CCCc1ncc(-c2cc(C)no2)c([C@H]2CCCCN2C(=O)Cc2ccc(OCC)cc2)n1. The molecular formula is C26H32N4O3. The molecule has 1 aliphatic heterocycles. The smallest absolute Gasteiger partial charge is 0.227 e. The van der Waals surface area contributed by atoms with Crippen LogP contribution in [0.4, 0.5) is 0 Å². The lowest BCUT2D eigenvalue weighted by Gasteiger charge is -2.36. The first-order valence-electron chi connectivity index (χ1n) is 11.9. The Morgan fingerprint density at radius 1 is 1.21 bits per heavy atom. The highest BCUT2D eigenvalue weighted by Gasteiger charge is 2.32. The van der Waals surface area contributed by atoms with Gasteiger partial charge in [-0.15, -0.1) is 0 Å². The Morgan fingerprint density at radius 3 is 2.73 bits per heavy atom. The van der Waals surface area contributed by atoms with Crippen LogP contribution >= 0.6 is 0 Å². The summed E-state index contributed by atoms with van der Waals surface area (Å²) in [5.74, 6) is 2.38. The summed E-state index contributed by atoms with van der Waals surface area (Å²) in [7, 11) is 0. The fraction of sp³-hybridized carbons (Fsp3) is 0.462. The van der Waals surface area contributed by atoms with Gasteiger partial charge >= 0.3 is 0 Å². The molecular weight excluding hydrogens is 416 g/mol. The number of rotatable bonds is 8. The predicted molar refractivity (Wildman–Crippen MR) is 126 cm³/mol. The van der Waals surface area contributed by atoms with Crippen LogP contribution in [0.25, 0.3) is 11.3 Å². The van der Waals surface area contributed by atoms with Crippen molar-refractivity contribution in [1.82, 2.24) is 20.0 Å². The molecule has 7 nitrogen and oxygen atoms in total. The molecule has 4 rings (SSSR count). The third kappa shape index (κ3) is 5.41. The van der Waals surface area contributed by atoms with E-state index in [-0.39, 0.29) is 11.9 Å². The number of piperidine rings is 1. The van der Waals surface area contributed by atoms with Crippen LogP contribution < -0.4 is 4.74 Å². The molecule has 1 saturated heterocycles. The second-order valence-electron chi connectivity index (χ2n) is 8.52. The van der Waals surface area contributed by atoms with Crippen molar-refractivity contribution in [2.45, 2.75) is 65.3 Å². The van der Waals surface area contributed by atoms with Crippen molar-refractivity contribution in [3.63, 3.8) is 0 Å². The quantitative estimate of drug-likeness (QED) is 0.478. The molecule has 33 heavy (non-hydrogen) atoms. The zero-order valence-electron chi connectivity index (χ0n) is 19.7. The fourth-order valence-corrected chi connectivity index (χ4v) is 4.37. The van der Waals surface area contributed by atoms with Crippen LogP contribution in [0.2, 0.25) is 0 Å². The summed E-state index contributed by atoms with van der Waals surface area (Å²) in [5.41, 5.74) is 3.47. The Bertz CT molecular complexity index is 1080. The van der Waals surface area contributed by atoms with E-state index in [1.165, 1.54) is 0 Å². The first-order chi connectivity index (χ1) is 16.1. The molecule has 0 saturated carbocycles. The van der Waals surface area contributed by atoms with Gasteiger partial charge in [0.2, 0.25) is 5.91 Å². The lowest BCUT2D eigenvalue weighted by atomic mass is 9.94. The average molecular weight is 449 g/mol. The van der Waals surface area contributed by atoms with Gasteiger partial charge < -0.3 is 14.2 Å². The number of nitrogens with zero attached hydrogens (tertiary/aromatic N) is 4. The van der Waals surface area contributed by atoms with E-state index in [4.69, 9.17) is 14.2 Å². The Balaban J connectivity index is 1.63. The van der Waals surface area contributed by atoms with Gasteiger partial charge in [0.05, 0.1) is 36.0 Å². The van der Waals surface area contributed by atoms with E-state index in [1.54, 1.807) is 0 Å². The highest BCUT2D eigenvalue weighted by atomic mass is 16.5. The van der Waals surface area contributed by atoms with Crippen molar-refractivity contribution in [1.29, 1.82) is 0 Å². The van der Waals surface area contributed by atoms with E-state index >= 15 is 0 Å². The minimum absolute atomic E-state index is 0.104. The lowest BCUT2D eigenvalue weighted by molar-refractivity contribution is -0.134. The van der Waals surface area contributed by atoms with E-state index in [0.717, 1.165) is 72.7 Å². The van der Waals surface area contributed by atoms with Crippen molar-refractivity contribution in [2.24, 2.45) is 0 Å². The largest absolute Gasteiger partial charge is 0.494 e. The molecule has 1 fully saturated rings. The Morgan fingerprint density at radius 2 is 2.03 bits per heavy atom. The van der Waals surface area contributed by atoms with Crippen molar-refractivity contribution in [2.75, 3.05) is 13.2 Å². The number of aryl methyl sites for hydroxylation is 2. The summed E-state index contributed by atoms with van der Waals surface area (Å²) in [6, 6.07) is 9.57. The molecule has 1 amide bonds. The average Bonchev–Trinajstić information content (AvgIpc) is 3.27. The summed E-state index contributed by atoms with van der Waals surface area (Å²) in [5, 5.41) is 4.05. The first kappa shape index (κ1) is 23.0. The molecule has 2 aromatic heterocycles. The highest BCUT2D eigenvalue weighted by Crippen LogP contribution is 2.36. The minimum atomic E-state index is -0.104. The third-order valence-electron chi connectivity index (χ3n) is 5.96. The van der Waals surface area contributed by atoms with Crippen molar-refractivity contribution in [3.8, 4) is 17.1 Å². The molecule has 0 radical (unpaired) electrons. The van der Waals surface area contributed by atoms with Crippen LogP contribution in [-0.2, 0) is 17.6 Å². The monoisotopic (exact) mass is 448 g/mol. The number of carbonyl (C=O) groups is 1. The van der Waals surface area contributed by atoms with E-state index < -0.39 is 0 Å². The molecule has 1 aliphatic rings. The maximum atomic E-state index is 13.4. The van der Waals surface area contributed by atoms with Crippen LogP contribution in [0.3, 0.4) is 0 Å². The van der Waals surface area contributed by atoms with Crippen LogP contribution in [0.5, 0.6) is 5.75 Å². The van der Waals surface area contributed by atoms with E-state index in [2.05, 4.69) is 17.1 Å². The number of ether oxygens (including phenoxy) is 1. The van der Waals surface area contributed by atoms with Gasteiger partial charge in [-0.3, -0.25) is 4.79 Å². The van der Waals surface area contributed by atoms with Gasteiger partial charge in [0.15, 0.2) is 5.76 Å². The van der Waals surface area contributed by atoms with Gasteiger partial charge in [0, 0.05) is 25.2 Å². The van der Waals surface area contributed by atoms with Crippen LogP contribution in [0.1, 0.15) is 68.3 Å². The van der Waals surface area contributed by atoms with Crippen LogP contribution in [0, 0.1) is 6.92 Å². The van der Waals surface area contributed by atoms with Crippen molar-refractivity contribution in [3.05, 3.63) is 59.3 Å². The lowest BCUT2D eigenvalue weighted by Crippen LogP contribution is -2.40. The Labute approximate surface area is 195 Å². The molecule has 0 aliphatic carbocycles. The second-order valence-corrected chi connectivity index (χ2v) is 8.52. The standard InChI is InChI=1S/C26H32N4O3/c1-4-8-24-27-17-21(23-15-18(3)29-33-23)26(28-24)22-9-6-7-14-30(22)25(31)16-19-10-12-20(13-11-19)32-5-2/h10-13,15,17,22H,4-9,14,16H2,1-3H3/t22-/m1/s1. The summed E-state index contributed by atoms with van der Waals surface area (Å²) in [4.78, 5) is 24.9. The summed E-state index contributed by atoms with van der Waals surface area (Å²) in [6.07, 6.45) is 6.87. The van der Waals surface area contributed by atoms with E-state index in [0.29, 0.717) is 18.8 Å². The Kier molecular flexibility index (Phi) is 7.37. The number of amides is 1. The Hall–Kier alpha value is -3.22. The molecule has 1 atom stereocenters. The van der Waals surface area contributed by atoms with Crippen molar-refractivity contribution >= 4 is 5.91 Å². The van der Waals surface area contributed by atoms with Gasteiger partial charge in [-0.25, -0.2) is 9.97 Å². The molecule has 0 unspecified atom stereocenters. The number of carbonyl (C=O) groups excluding carboxylic acids is 1. The third-order valence-corrected chi connectivity index (χ3v) is 5.96. The molecule has 7 heteroatoms. The van der Waals surface area contributed by atoms with Gasteiger partial charge in [-0.1, -0.05) is 24.2 Å². The summed E-state index contributed by atoms with van der Waals surface area (Å²) < 4.78 is 11.1. The van der Waals surface area contributed by atoms with Gasteiger partial charge in [0.1, 0.15) is 11.6 Å². The summed E-state index contributed by atoms with van der Waals surface area (Å²) >= 11 is 0. The van der Waals surface area contributed by atoms with E-state index in [1.807, 2.05) is 55.3 Å². The maximum absolute atomic E-state index is 13.4. The van der Waals surface area contributed by atoms with Crippen LogP contribution in [0.15, 0.2) is 41.1 Å². The molecule has 3 aromatic rings. The highest BCUT2D eigenvalue weighted by molar-refractivity contribution is 5.79. The molecule has 3 heterocycles. The summed E-state index contributed by atoms with van der Waals surface area (Å²) in [6.45, 7) is 7.32. The maximum Gasteiger partial charge on any atom is 0.227 e. The topological polar surface area (TPSA) is 81.4 Å². The zero-order valence-corrected chi connectivity index (χ0v) is 19.7. The second kappa shape index (κ2) is 10.6. The van der Waals surface area contributed by atoms with E-state index in [9.17, 15) is 4.79 Å². The molecule has 174 valence electrons. The molecule has 0 spiro atoms. The number of hydrogen-bond acceptors (Lipinski definition) is 6. The normalized spacial score (nSPS) is 16.1. The van der Waals surface area contributed by atoms with Gasteiger partial charge in [-0.2, -0.15) is 0 Å². The minimum Gasteiger partial charge on any atom is -0.494 e. The zero-order chi connectivity index (χ0) is 23.2. The first-order valence-corrected chi connectivity index (χ1v) is 11.9. The number of aromatic nitrogens is 3. The van der Waals surface area contributed by atoms with Gasteiger partial charge in [0.25, 0.3) is 0 Å². The van der Waals surface area contributed by atoms with Gasteiger partial charge in [-0.05, 0) is 57.2 Å². The number of benzene rings is 1. The fourth-order valence-electron chi connectivity index (χ4n) is 4.37.